The van der Waals surface area contributed by atoms with Gasteiger partial charge in [-0.2, -0.15) is 0 Å². The largest absolute Gasteiger partial charge is 0.0616 e. The Bertz CT molecular complexity index is 922. The Hall–Kier alpha value is -1.86. The van der Waals surface area contributed by atoms with E-state index in [1.54, 1.807) is 0 Å². The molecule has 0 aliphatic heterocycles. The van der Waals surface area contributed by atoms with E-state index in [1.807, 2.05) is 0 Å². The van der Waals surface area contributed by atoms with Gasteiger partial charge in [-0.3, -0.25) is 0 Å². The Morgan fingerprint density at radius 3 is 1.84 bits per heavy atom. The monoisotopic (exact) mass is 306 g/mol. The first kappa shape index (κ1) is 11.0. The predicted molar refractivity (Wildman–Crippen MR) is 86.7 cm³/mol. The summed E-state index contributed by atoms with van der Waals surface area (Å²) in [7, 11) is 0. The van der Waals surface area contributed by atoms with Gasteiger partial charge in [-0.1, -0.05) is 64.5 Å². The second-order valence-corrected chi connectivity index (χ2v) is 5.68. The normalized spacial score (nSPS) is 11.4. The summed E-state index contributed by atoms with van der Waals surface area (Å²) in [6.45, 7) is 0. The molecule has 0 fully saturated rings. The minimum atomic E-state index is 1.16. The van der Waals surface area contributed by atoms with Gasteiger partial charge < -0.3 is 0 Å². The zero-order chi connectivity index (χ0) is 12.8. The molecule has 0 unspecified atom stereocenters. The van der Waals surface area contributed by atoms with Gasteiger partial charge in [0.15, 0.2) is 0 Å². The summed E-state index contributed by atoms with van der Waals surface area (Å²) in [5.41, 5.74) is 0. The summed E-state index contributed by atoms with van der Waals surface area (Å²) in [5, 5.41) is 7.74. The Labute approximate surface area is 119 Å². The van der Waals surface area contributed by atoms with Crippen molar-refractivity contribution in [1.29, 1.82) is 0 Å². The number of fused-ring (bicyclic) bond motifs is 4. The molecule has 0 spiro atoms. The summed E-state index contributed by atoms with van der Waals surface area (Å²) < 4.78 is 1.16. The van der Waals surface area contributed by atoms with Crippen LogP contribution < -0.4 is 0 Å². The number of halogens is 1. The maximum Gasteiger partial charge on any atom is 0.0260 e. The van der Waals surface area contributed by atoms with Crippen LogP contribution in [-0.2, 0) is 0 Å². The van der Waals surface area contributed by atoms with Crippen molar-refractivity contribution in [2.45, 2.75) is 0 Å². The maximum absolute atomic E-state index is 3.70. The van der Waals surface area contributed by atoms with Gasteiger partial charge in [-0.05, 0) is 50.5 Å². The van der Waals surface area contributed by atoms with E-state index in [2.05, 4.69) is 82.7 Å². The molecule has 4 rings (SSSR count). The third-order valence-corrected chi connectivity index (χ3v) is 4.33. The first-order valence-electron chi connectivity index (χ1n) is 6.33. The highest BCUT2D eigenvalue weighted by Gasteiger charge is 2.06. The predicted octanol–water partition coefficient (Wildman–Crippen LogP) is 5.91. The Morgan fingerprint density at radius 2 is 1.11 bits per heavy atom. The van der Waals surface area contributed by atoms with Gasteiger partial charge in [-0.25, -0.2) is 0 Å². The molecule has 4 aromatic carbocycles. The SMILES string of the molecule is Brc1cc2ccccc2c2cc3ccccc3cc12. The summed E-state index contributed by atoms with van der Waals surface area (Å²) in [6.07, 6.45) is 0. The van der Waals surface area contributed by atoms with Gasteiger partial charge in [-0.15, -0.1) is 0 Å². The van der Waals surface area contributed by atoms with E-state index in [4.69, 9.17) is 0 Å². The van der Waals surface area contributed by atoms with Crippen molar-refractivity contribution in [3.63, 3.8) is 0 Å². The molecule has 0 bridgehead atoms. The molecule has 0 aromatic heterocycles. The Balaban J connectivity index is 2.30. The van der Waals surface area contributed by atoms with Crippen LogP contribution in [0.4, 0.5) is 0 Å². The summed E-state index contributed by atoms with van der Waals surface area (Å²) in [5.74, 6) is 0. The first-order valence-corrected chi connectivity index (χ1v) is 7.12. The lowest BCUT2D eigenvalue weighted by Crippen LogP contribution is -1.81. The fourth-order valence-electron chi connectivity index (χ4n) is 2.74. The molecule has 0 radical (unpaired) electrons. The first-order chi connectivity index (χ1) is 9.33. The fourth-order valence-corrected chi connectivity index (χ4v) is 3.32. The Kier molecular flexibility index (Phi) is 2.36. The molecule has 0 heterocycles. The zero-order valence-electron chi connectivity index (χ0n) is 10.2. The average molecular weight is 307 g/mol. The van der Waals surface area contributed by atoms with Crippen LogP contribution in [-0.4, -0.2) is 0 Å². The van der Waals surface area contributed by atoms with E-state index in [-0.39, 0.29) is 0 Å². The molecule has 90 valence electrons. The molecule has 0 saturated heterocycles. The number of hydrogen-bond acceptors (Lipinski definition) is 0. The molecule has 0 atom stereocenters. The second kappa shape index (κ2) is 4.07. The van der Waals surface area contributed by atoms with Crippen LogP contribution in [0, 0.1) is 0 Å². The lowest BCUT2D eigenvalue weighted by molar-refractivity contribution is 1.75. The smallest absolute Gasteiger partial charge is 0.0260 e. The standard InChI is InChI=1S/C18H11Br/c19-18-11-14-7-3-4-8-15(14)16-9-12-5-1-2-6-13(12)10-17(16)18/h1-11H. The van der Waals surface area contributed by atoms with Crippen molar-refractivity contribution in [2.75, 3.05) is 0 Å². The van der Waals surface area contributed by atoms with Gasteiger partial charge in [0.05, 0.1) is 0 Å². The van der Waals surface area contributed by atoms with Gasteiger partial charge in [0, 0.05) is 4.47 Å². The van der Waals surface area contributed by atoms with Crippen molar-refractivity contribution >= 4 is 48.2 Å². The van der Waals surface area contributed by atoms with Crippen molar-refractivity contribution in [1.82, 2.24) is 0 Å². The van der Waals surface area contributed by atoms with E-state index in [0.29, 0.717) is 0 Å². The van der Waals surface area contributed by atoms with Crippen LogP contribution >= 0.6 is 15.9 Å². The van der Waals surface area contributed by atoms with Gasteiger partial charge in [0.1, 0.15) is 0 Å². The molecule has 0 saturated carbocycles. The van der Waals surface area contributed by atoms with E-state index in [1.165, 1.54) is 32.3 Å². The van der Waals surface area contributed by atoms with Crippen LogP contribution in [0.3, 0.4) is 0 Å². The summed E-state index contributed by atoms with van der Waals surface area (Å²) in [6, 6.07) is 23.8. The molecule has 0 nitrogen and oxygen atoms in total. The molecular weight excluding hydrogens is 296 g/mol. The Morgan fingerprint density at radius 1 is 0.526 bits per heavy atom. The van der Waals surface area contributed by atoms with Crippen molar-refractivity contribution < 1.29 is 0 Å². The van der Waals surface area contributed by atoms with Crippen LogP contribution in [0.15, 0.2) is 71.2 Å². The number of rotatable bonds is 0. The van der Waals surface area contributed by atoms with E-state index >= 15 is 0 Å². The minimum absolute atomic E-state index is 1.16. The minimum Gasteiger partial charge on any atom is -0.0616 e. The summed E-state index contributed by atoms with van der Waals surface area (Å²) >= 11 is 3.70. The van der Waals surface area contributed by atoms with Crippen molar-refractivity contribution in [3.05, 3.63) is 71.2 Å². The molecule has 0 N–H and O–H groups in total. The highest BCUT2D eigenvalue weighted by atomic mass is 79.9. The molecule has 0 amide bonds. The highest BCUT2D eigenvalue weighted by molar-refractivity contribution is 9.10. The lowest BCUT2D eigenvalue weighted by atomic mass is 9.98. The lowest BCUT2D eigenvalue weighted by Gasteiger charge is -2.08. The zero-order valence-corrected chi connectivity index (χ0v) is 11.8. The summed E-state index contributed by atoms with van der Waals surface area (Å²) in [4.78, 5) is 0. The number of hydrogen-bond donors (Lipinski definition) is 0. The van der Waals surface area contributed by atoms with Crippen LogP contribution in [0.2, 0.25) is 0 Å². The van der Waals surface area contributed by atoms with Crippen LogP contribution in [0.5, 0.6) is 0 Å². The van der Waals surface area contributed by atoms with Gasteiger partial charge >= 0.3 is 0 Å². The van der Waals surface area contributed by atoms with Crippen LogP contribution in [0.25, 0.3) is 32.3 Å². The van der Waals surface area contributed by atoms with Crippen molar-refractivity contribution in [2.24, 2.45) is 0 Å². The highest BCUT2D eigenvalue weighted by Crippen LogP contribution is 2.34. The molecule has 0 aliphatic carbocycles. The van der Waals surface area contributed by atoms with E-state index in [0.717, 1.165) is 4.47 Å². The second-order valence-electron chi connectivity index (χ2n) is 4.82. The fraction of sp³-hybridized carbons (Fsp3) is 0. The number of benzene rings is 4. The molecule has 1 heteroatoms. The quantitative estimate of drug-likeness (QED) is 0.280. The van der Waals surface area contributed by atoms with Gasteiger partial charge in [0.25, 0.3) is 0 Å². The van der Waals surface area contributed by atoms with Gasteiger partial charge in [0.2, 0.25) is 0 Å². The maximum atomic E-state index is 3.70. The third kappa shape index (κ3) is 1.66. The molecular formula is C18H11Br. The molecule has 19 heavy (non-hydrogen) atoms. The topological polar surface area (TPSA) is 0 Å². The molecule has 4 aromatic rings. The average Bonchev–Trinajstić information content (AvgIpc) is 2.46. The van der Waals surface area contributed by atoms with E-state index < -0.39 is 0 Å². The van der Waals surface area contributed by atoms with Crippen LogP contribution in [0.1, 0.15) is 0 Å². The third-order valence-electron chi connectivity index (χ3n) is 3.68. The van der Waals surface area contributed by atoms with E-state index in [9.17, 15) is 0 Å². The molecule has 0 aliphatic rings. The van der Waals surface area contributed by atoms with Crippen molar-refractivity contribution in [3.8, 4) is 0 Å².